The topological polar surface area (TPSA) is 186 Å². The molecule has 0 saturated carbocycles. The van der Waals surface area contributed by atoms with Gasteiger partial charge in [0.2, 0.25) is 0 Å². The first-order chi connectivity index (χ1) is 20.5. The van der Waals surface area contributed by atoms with Crippen molar-refractivity contribution in [3.63, 3.8) is 0 Å². The molecule has 1 N–H and O–H groups in total. The molecule has 16 heteroatoms. The van der Waals surface area contributed by atoms with Gasteiger partial charge in [0.1, 0.15) is 5.54 Å². The smallest absolute Gasteiger partial charge is 0.416 e. The van der Waals surface area contributed by atoms with Gasteiger partial charge in [-0.15, -0.1) is 0 Å². The van der Waals surface area contributed by atoms with Crippen LogP contribution in [-0.2, 0) is 21.6 Å². The molecule has 0 aliphatic carbocycles. The van der Waals surface area contributed by atoms with Crippen LogP contribution in [0, 0.1) is 32.8 Å². The molecule has 0 aromatic heterocycles. The highest BCUT2D eigenvalue weighted by Crippen LogP contribution is 2.50. The Bertz CT molecular complexity index is 1960. The lowest BCUT2D eigenvalue weighted by atomic mass is 9.73. The maximum Gasteiger partial charge on any atom is 0.416 e. The fraction of sp³-hybridized carbons (Fsp3) is 0.143. The number of anilines is 1. The molecule has 1 aliphatic rings. The molecule has 3 aromatic carbocycles. The van der Waals surface area contributed by atoms with Gasteiger partial charge in [0, 0.05) is 29.6 Å². The number of nitro benzene ring substituents is 1. The van der Waals surface area contributed by atoms with Gasteiger partial charge in [0.25, 0.3) is 5.69 Å². The summed E-state index contributed by atoms with van der Waals surface area (Å²) in [7, 11) is -4.35. The quantitative estimate of drug-likeness (QED) is 0.280. The molecule has 4 rings (SSSR count). The number of halogens is 3. The number of rotatable bonds is 5. The van der Waals surface area contributed by atoms with Crippen molar-refractivity contribution in [1.29, 1.82) is 10.5 Å². The van der Waals surface area contributed by atoms with Crippen molar-refractivity contribution in [2.45, 2.75) is 23.5 Å². The van der Waals surface area contributed by atoms with Crippen LogP contribution < -0.4 is 4.90 Å². The van der Waals surface area contributed by atoms with Crippen LogP contribution in [0.5, 0.6) is 0 Å². The molecular weight excluding hydrogens is 607 g/mol. The van der Waals surface area contributed by atoms with E-state index < -0.39 is 71.6 Å². The summed E-state index contributed by atoms with van der Waals surface area (Å²) in [5.74, 6) is 0. The number of non-ortho nitro benzene ring substituents is 1. The second-order valence-corrected chi connectivity index (χ2v) is 11.4. The van der Waals surface area contributed by atoms with Crippen LogP contribution >= 0.6 is 0 Å². The molecule has 0 radical (unpaired) electrons. The highest BCUT2D eigenvalue weighted by atomic mass is 32.2. The zero-order valence-corrected chi connectivity index (χ0v) is 23.3. The lowest BCUT2D eigenvalue weighted by Gasteiger charge is -2.48. The molecule has 0 saturated heterocycles. The minimum Gasteiger partial charge on any atom is -0.465 e. The third kappa shape index (κ3) is 4.97. The van der Waals surface area contributed by atoms with Crippen molar-refractivity contribution >= 4 is 33.3 Å². The standard InChI is InChI=1S/C28H18F3N5O7S/c1-16-23(15-33)27(18-7-9-20(10-8-18)36(40)41,22-11-6-17(14-32)12-24(22)44(2,42)43)35(26(38)39)25(37)34(16)21-5-3-4-19(13-21)28(29,30)31/h3-13H,1-2H3,(H,38,39)/t27-/m1/s1. The average Bonchev–Trinajstić information content (AvgIpc) is 2.95. The molecule has 44 heavy (non-hydrogen) atoms. The van der Waals surface area contributed by atoms with E-state index in [1.165, 1.54) is 0 Å². The van der Waals surface area contributed by atoms with Gasteiger partial charge in [-0.2, -0.15) is 23.7 Å². The number of hydrogen-bond donors (Lipinski definition) is 1. The lowest BCUT2D eigenvalue weighted by Crippen LogP contribution is -2.62. The average molecular weight is 626 g/mol. The number of alkyl halides is 3. The highest BCUT2D eigenvalue weighted by molar-refractivity contribution is 7.90. The zero-order valence-electron chi connectivity index (χ0n) is 22.5. The first-order valence-corrected chi connectivity index (χ1v) is 14.0. The molecule has 3 aromatic rings. The maximum absolute atomic E-state index is 14.2. The van der Waals surface area contributed by atoms with E-state index in [1.807, 2.05) is 0 Å². The Morgan fingerprint density at radius 1 is 1.05 bits per heavy atom. The summed E-state index contributed by atoms with van der Waals surface area (Å²) in [6.07, 6.45) is -6.16. The van der Waals surface area contributed by atoms with Gasteiger partial charge in [0.05, 0.1) is 44.3 Å². The monoisotopic (exact) mass is 625 g/mol. The predicted octanol–water partition coefficient (Wildman–Crippen LogP) is 5.55. The van der Waals surface area contributed by atoms with Crippen molar-refractivity contribution in [2.24, 2.45) is 0 Å². The molecule has 0 fully saturated rings. The van der Waals surface area contributed by atoms with E-state index in [9.17, 15) is 56.9 Å². The summed E-state index contributed by atoms with van der Waals surface area (Å²) in [5.41, 5.74) is -6.69. The van der Waals surface area contributed by atoms with E-state index in [2.05, 4.69) is 0 Å². The number of carbonyl (C=O) groups is 2. The van der Waals surface area contributed by atoms with Gasteiger partial charge in [-0.1, -0.05) is 12.1 Å². The Kier molecular flexibility index (Phi) is 7.68. The largest absolute Gasteiger partial charge is 0.465 e. The third-order valence-electron chi connectivity index (χ3n) is 6.91. The van der Waals surface area contributed by atoms with E-state index in [4.69, 9.17) is 0 Å². The van der Waals surface area contributed by atoms with Gasteiger partial charge >= 0.3 is 18.3 Å². The summed E-state index contributed by atoms with van der Waals surface area (Å²) < 4.78 is 66.8. The minimum atomic E-state index is -4.85. The molecular formula is C28H18F3N5O7S. The van der Waals surface area contributed by atoms with Crippen LogP contribution in [0.15, 0.2) is 82.9 Å². The van der Waals surface area contributed by atoms with E-state index in [-0.39, 0.29) is 21.7 Å². The molecule has 1 aliphatic heterocycles. The number of carbonyl (C=O) groups excluding carboxylic acids is 1. The number of imide groups is 1. The summed E-state index contributed by atoms with van der Waals surface area (Å²) in [6, 6.07) is 12.4. The van der Waals surface area contributed by atoms with Crippen LogP contribution in [0.2, 0.25) is 0 Å². The number of carboxylic acid groups (broad SMARTS) is 1. The number of nitro groups is 1. The van der Waals surface area contributed by atoms with Gasteiger partial charge < -0.3 is 5.11 Å². The van der Waals surface area contributed by atoms with Crippen LogP contribution in [0.1, 0.15) is 29.2 Å². The van der Waals surface area contributed by atoms with Crippen molar-refractivity contribution in [3.8, 4) is 12.1 Å². The van der Waals surface area contributed by atoms with Crippen LogP contribution in [0.3, 0.4) is 0 Å². The van der Waals surface area contributed by atoms with E-state index in [0.717, 1.165) is 67.8 Å². The van der Waals surface area contributed by atoms with Crippen LogP contribution in [-0.4, -0.2) is 41.7 Å². The molecule has 1 atom stereocenters. The van der Waals surface area contributed by atoms with Crippen molar-refractivity contribution < 1.29 is 41.2 Å². The summed E-state index contributed by atoms with van der Waals surface area (Å²) in [6.45, 7) is 1.15. The van der Waals surface area contributed by atoms with E-state index >= 15 is 0 Å². The minimum absolute atomic E-state index is 0.0794. The second-order valence-electron chi connectivity index (χ2n) is 9.47. The molecule has 224 valence electrons. The Morgan fingerprint density at radius 3 is 2.18 bits per heavy atom. The van der Waals surface area contributed by atoms with Crippen molar-refractivity contribution in [2.75, 3.05) is 11.2 Å². The first kappa shape index (κ1) is 31.2. The molecule has 12 nitrogen and oxygen atoms in total. The van der Waals surface area contributed by atoms with Crippen molar-refractivity contribution in [1.82, 2.24) is 4.90 Å². The van der Waals surface area contributed by atoms with E-state index in [1.54, 1.807) is 12.1 Å². The fourth-order valence-corrected chi connectivity index (χ4v) is 6.05. The molecule has 3 amide bonds. The first-order valence-electron chi connectivity index (χ1n) is 12.2. The Labute approximate surface area is 247 Å². The Balaban J connectivity index is 2.25. The molecule has 0 unspecified atom stereocenters. The number of urea groups is 1. The third-order valence-corrected chi connectivity index (χ3v) is 8.04. The number of allylic oxidation sites excluding steroid dienone is 1. The van der Waals surface area contributed by atoms with E-state index in [0.29, 0.717) is 17.0 Å². The normalized spacial score (nSPS) is 17.2. The SMILES string of the molecule is CC1=C(C#N)[C@@](c2ccc([N+](=O)[O-])cc2)(c2ccc(C#N)cc2S(C)(=O)=O)N(C(=O)O)C(=O)N1c1cccc(C(F)(F)F)c1. The van der Waals surface area contributed by atoms with Crippen LogP contribution in [0.4, 0.5) is 34.1 Å². The van der Waals surface area contributed by atoms with Gasteiger partial charge in [-0.3, -0.25) is 15.0 Å². The van der Waals surface area contributed by atoms with Gasteiger partial charge in [-0.05, 0) is 55.0 Å². The number of benzene rings is 3. The maximum atomic E-state index is 14.2. The summed E-state index contributed by atoms with van der Waals surface area (Å²) >= 11 is 0. The summed E-state index contributed by atoms with van der Waals surface area (Å²) in [4.78, 5) is 37.8. The molecule has 1 heterocycles. The number of hydrogen-bond acceptors (Lipinski definition) is 8. The summed E-state index contributed by atoms with van der Waals surface area (Å²) in [5, 5.41) is 41.9. The second kappa shape index (κ2) is 10.8. The molecule has 0 bridgehead atoms. The van der Waals surface area contributed by atoms with Crippen LogP contribution in [0.25, 0.3) is 0 Å². The highest BCUT2D eigenvalue weighted by Gasteiger charge is 2.57. The zero-order chi connectivity index (χ0) is 32.8. The number of sulfone groups is 1. The number of nitrogens with zero attached hydrogens (tertiary/aromatic N) is 5. The Morgan fingerprint density at radius 2 is 1.68 bits per heavy atom. The van der Waals surface area contributed by atoms with Gasteiger partial charge in [0.15, 0.2) is 9.84 Å². The lowest BCUT2D eigenvalue weighted by molar-refractivity contribution is -0.384. The van der Waals surface area contributed by atoms with Crippen molar-refractivity contribution in [3.05, 3.63) is 110 Å². The van der Waals surface area contributed by atoms with Gasteiger partial charge in [-0.25, -0.2) is 22.9 Å². The number of amides is 3. The fourth-order valence-electron chi connectivity index (χ4n) is 5.09. The molecule has 0 spiro atoms. The number of nitriles is 2. The predicted molar refractivity (Wildman–Crippen MR) is 146 cm³/mol. The Hall–Kier alpha value is -5.74.